The van der Waals surface area contributed by atoms with Gasteiger partial charge in [0.1, 0.15) is 29.3 Å². The van der Waals surface area contributed by atoms with Crippen molar-refractivity contribution >= 4 is 34.2 Å². The van der Waals surface area contributed by atoms with Crippen molar-refractivity contribution in [2.45, 2.75) is 0 Å². The Morgan fingerprint density at radius 1 is 1.08 bits per heavy atom. The number of fused-ring (bicyclic) bond motifs is 1. The second-order valence-corrected chi connectivity index (χ2v) is 5.60. The molecular formula is C17H13ClF2N4O. The number of anilines is 1. The minimum atomic E-state index is -0.899. The van der Waals surface area contributed by atoms with E-state index in [9.17, 15) is 13.6 Å². The largest absolute Gasteiger partial charge is 0.368 e. The van der Waals surface area contributed by atoms with Crippen LogP contribution in [0.1, 0.15) is 10.4 Å². The van der Waals surface area contributed by atoms with Gasteiger partial charge in [-0.1, -0.05) is 17.7 Å². The minimum absolute atomic E-state index is 0.158. The highest BCUT2D eigenvalue weighted by Gasteiger charge is 2.16. The monoisotopic (exact) mass is 362 g/mol. The summed E-state index contributed by atoms with van der Waals surface area (Å²) in [6.45, 7) is 0.474. The van der Waals surface area contributed by atoms with E-state index in [0.29, 0.717) is 22.9 Å². The summed E-state index contributed by atoms with van der Waals surface area (Å²) in [4.78, 5) is 20.2. The van der Waals surface area contributed by atoms with E-state index in [4.69, 9.17) is 11.6 Å². The Morgan fingerprint density at radius 2 is 1.84 bits per heavy atom. The molecule has 128 valence electrons. The Labute approximate surface area is 147 Å². The van der Waals surface area contributed by atoms with Gasteiger partial charge in [0.15, 0.2) is 0 Å². The molecule has 0 aliphatic heterocycles. The van der Waals surface area contributed by atoms with E-state index in [2.05, 4.69) is 20.6 Å². The number of nitrogens with zero attached hydrogens (tertiary/aromatic N) is 2. The zero-order valence-electron chi connectivity index (χ0n) is 12.9. The minimum Gasteiger partial charge on any atom is -0.368 e. The molecule has 5 nitrogen and oxygen atoms in total. The van der Waals surface area contributed by atoms with Crippen LogP contribution in [0.15, 0.2) is 42.7 Å². The highest BCUT2D eigenvalue weighted by atomic mass is 35.5. The molecule has 2 aromatic carbocycles. The summed E-state index contributed by atoms with van der Waals surface area (Å²) in [5, 5.41) is 6.85. The molecule has 0 saturated heterocycles. The lowest BCUT2D eigenvalue weighted by molar-refractivity contribution is 0.0946. The van der Waals surface area contributed by atoms with Crippen LogP contribution in [0.2, 0.25) is 5.02 Å². The van der Waals surface area contributed by atoms with Gasteiger partial charge in [-0.3, -0.25) is 4.79 Å². The summed E-state index contributed by atoms with van der Waals surface area (Å²) in [7, 11) is 0. The van der Waals surface area contributed by atoms with Gasteiger partial charge in [-0.05, 0) is 30.3 Å². The van der Waals surface area contributed by atoms with Crippen LogP contribution in [0.3, 0.4) is 0 Å². The molecule has 3 aromatic rings. The molecule has 2 N–H and O–H groups in total. The molecule has 1 amide bonds. The summed E-state index contributed by atoms with van der Waals surface area (Å²) in [6.07, 6.45) is 1.40. The highest BCUT2D eigenvalue weighted by molar-refractivity contribution is 6.31. The van der Waals surface area contributed by atoms with Gasteiger partial charge < -0.3 is 10.6 Å². The predicted molar refractivity (Wildman–Crippen MR) is 91.7 cm³/mol. The Bertz CT molecular complexity index is 915. The molecular weight excluding hydrogens is 350 g/mol. The fourth-order valence-corrected chi connectivity index (χ4v) is 2.50. The maximum Gasteiger partial charge on any atom is 0.257 e. The van der Waals surface area contributed by atoms with Crippen molar-refractivity contribution in [3.63, 3.8) is 0 Å². The number of hydrogen-bond donors (Lipinski definition) is 2. The molecule has 25 heavy (non-hydrogen) atoms. The zero-order valence-corrected chi connectivity index (χ0v) is 13.6. The third-order valence-corrected chi connectivity index (χ3v) is 3.73. The molecule has 0 unspecified atom stereocenters. The van der Waals surface area contributed by atoms with Crippen LogP contribution in [0.4, 0.5) is 14.6 Å². The highest BCUT2D eigenvalue weighted by Crippen LogP contribution is 2.22. The number of benzene rings is 2. The third kappa shape index (κ3) is 3.83. The van der Waals surface area contributed by atoms with Crippen LogP contribution in [0.25, 0.3) is 10.9 Å². The number of aromatic nitrogens is 2. The second kappa shape index (κ2) is 7.40. The number of rotatable bonds is 5. The molecule has 3 rings (SSSR count). The third-order valence-electron chi connectivity index (χ3n) is 3.49. The van der Waals surface area contributed by atoms with Crippen molar-refractivity contribution in [2.75, 3.05) is 18.4 Å². The van der Waals surface area contributed by atoms with Crippen LogP contribution in [0.5, 0.6) is 0 Å². The molecule has 0 saturated carbocycles. The van der Waals surface area contributed by atoms with Crippen molar-refractivity contribution in [1.29, 1.82) is 0 Å². The van der Waals surface area contributed by atoms with Gasteiger partial charge in [0, 0.05) is 23.5 Å². The lowest BCUT2D eigenvalue weighted by atomic mass is 10.2. The zero-order chi connectivity index (χ0) is 17.8. The molecule has 0 fully saturated rings. The molecule has 0 spiro atoms. The Morgan fingerprint density at radius 3 is 2.60 bits per heavy atom. The van der Waals surface area contributed by atoms with Crippen LogP contribution in [-0.2, 0) is 0 Å². The van der Waals surface area contributed by atoms with Crippen molar-refractivity contribution in [3.05, 3.63) is 64.9 Å². The smallest absolute Gasteiger partial charge is 0.257 e. The summed E-state index contributed by atoms with van der Waals surface area (Å²) < 4.78 is 27.1. The number of hydrogen-bond acceptors (Lipinski definition) is 4. The van der Waals surface area contributed by atoms with E-state index in [1.165, 1.54) is 12.4 Å². The van der Waals surface area contributed by atoms with E-state index in [1.807, 2.05) is 0 Å². The van der Waals surface area contributed by atoms with Crippen molar-refractivity contribution in [1.82, 2.24) is 15.3 Å². The fourth-order valence-electron chi connectivity index (χ4n) is 2.33. The van der Waals surface area contributed by atoms with E-state index in [0.717, 1.165) is 17.5 Å². The van der Waals surface area contributed by atoms with Crippen LogP contribution < -0.4 is 10.6 Å². The quantitative estimate of drug-likeness (QED) is 0.683. The summed E-state index contributed by atoms with van der Waals surface area (Å²) in [5.41, 5.74) is 0.0899. The first-order valence-electron chi connectivity index (χ1n) is 7.42. The predicted octanol–water partition coefficient (Wildman–Crippen LogP) is 3.40. The normalized spacial score (nSPS) is 10.7. The standard InChI is InChI=1S/C17H13ClF2N4O/c18-10-4-5-11-14(8-10)23-9-24-16(11)21-6-7-22-17(25)15-12(19)2-1-3-13(15)20/h1-5,8-9H,6-7H2,(H,22,25)(H,21,23,24). The topological polar surface area (TPSA) is 66.9 Å². The Kier molecular flexibility index (Phi) is 5.04. The number of carbonyl (C=O) groups excluding carboxylic acids is 1. The van der Waals surface area contributed by atoms with Crippen molar-refractivity contribution in [3.8, 4) is 0 Å². The SMILES string of the molecule is O=C(NCCNc1ncnc2cc(Cl)ccc12)c1c(F)cccc1F. The van der Waals surface area contributed by atoms with Crippen LogP contribution in [-0.4, -0.2) is 29.0 Å². The lowest BCUT2D eigenvalue weighted by Gasteiger charge is -2.10. The van der Waals surface area contributed by atoms with E-state index in [1.54, 1.807) is 18.2 Å². The van der Waals surface area contributed by atoms with Crippen molar-refractivity contribution < 1.29 is 13.6 Å². The van der Waals surface area contributed by atoms with Gasteiger partial charge in [-0.25, -0.2) is 18.7 Å². The average Bonchev–Trinajstić information content (AvgIpc) is 2.58. The molecule has 0 atom stereocenters. The molecule has 0 aliphatic carbocycles. The van der Waals surface area contributed by atoms with E-state index in [-0.39, 0.29) is 6.54 Å². The lowest BCUT2D eigenvalue weighted by Crippen LogP contribution is -2.30. The van der Waals surface area contributed by atoms with Gasteiger partial charge >= 0.3 is 0 Å². The molecule has 1 heterocycles. The molecule has 0 aliphatic rings. The first kappa shape index (κ1) is 17.0. The maximum absolute atomic E-state index is 13.5. The van der Waals surface area contributed by atoms with Crippen LogP contribution >= 0.6 is 11.6 Å². The van der Waals surface area contributed by atoms with Gasteiger partial charge in [0.05, 0.1) is 5.52 Å². The van der Waals surface area contributed by atoms with Gasteiger partial charge in [0.25, 0.3) is 5.91 Å². The number of nitrogens with one attached hydrogen (secondary N) is 2. The Balaban J connectivity index is 1.61. The van der Waals surface area contributed by atoms with Crippen molar-refractivity contribution in [2.24, 2.45) is 0 Å². The van der Waals surface area contributed by atoms with Gasteiger partial charge in [-0.2, -0.15) is 0 Å². The number of halogens is 3. The summed E-state index contributed by atoms with van der Waals surface area (Å²) in [5.74, 6) is -2.03. The molecule has 8 heteroatoms. The molecule has 0 radical (unpaired) electrons. The second-order valence-electron chi connectivity index (χ2n) is 5.16. The Hall–Kier alpha value is -2.80. The maximum atomic E-state index is 13.5. The van der Waals surface area contributed by atoms with Crippen LogP contribution in [0, 0.1) is 11.6 Å². The first-order chi connectivity index (χ1) is 12.1. The average molecular weight is 363 g/mol. The number of carbonyl (C=O) groups is 1. The summed E-state index contributed by atoms with van der Waals surface area (Å²) in [6, 6.07) is 8.50. The number of amides is 1. The fraction of sp³-hybridized carbons (Fsp3) is 0.118. The molecule has 1 aromatic heterocycles. The first-order valence-corrected chi connectivity index (χ1v) is 7.80. The summed E-state index contributed by atoms with van der Waals surface area (Å²) >= 11 is 5.93. The van der Waals surface area contributed by atoms with Gasteiger partial charge in [0.2, 0.25) is 0 Å². The van der Waals surface area contributed by atoms with E-state index < -0.39 is 23.1 Å². The molecule has 0 bridgehead atoms. The van der Waals surface area contributed by atoms with E-state index >= 15 is 0 Å². The van der Waals surface area contributed by atoms with Gasteiger partial charge in [-0.15, -0.1) is 0 Å².